The van der Waals surface area contributed by atoms with Crippen LogP contribution < -0.4 is 10.1 Å². The van der Waals surface area contributed by atoms with E-state index in [1.54, 1.807) is 0 Å². The molecule has 104 valence electrons. The maximum absolute atomic E-state index is 5.97. The molecular formula is C17H20N2O. The molecule has 1 aliphatic carbocycles. The Morgan fingerprint density at radius 3 is 2.65 bits per heavy atom. The number of nitrogens with one attached hydrogen (secondary N) is 1. The van der Waals surface area contributed by atoms with E-state index in [1.165, 1.54) is 18.4 Å². The van der Waals surface area contributed by atoms with E-state index in [4.69, 9.17) is 4.74 Å². The molecule has 0 spiro atoms. The molecule has 0 saturated heterocycles. The number of ether oxygens (including phenoxy) is 1. The highest BCUT2D eigenvalue weighted by molar-refractivity contribution is 5.39. The van der Waals surface area contributed by atoms with Gasteiger partial charge in [0.25, 0.3) is 0 Å². The highest BCUT2D eigenvalue weighted by atomic mass is 16.5. The molecule has 1 aliphatic rings. The molecule has 0 aliphatic heterocycles. The van der Waals surface area contributed by atoms with Gasteiger partial charge in [0.2, 0.25) is 5.88 Å². The fraction of sp³-hybridized carbons (Fsp3) is 0.353. The number of rotatable bonds is 5. The Kier molecular flexibility index (Phi) is 3.70. The van der Waals surface area contributed by atoms with Crippen LogP contribution in [0.5, 0.6) is 11.6 Å². The van der Waals surface area contributed by atoms with Crippen LogP contribution >= 0.6 is 0 Å². The Labute approximate surface area is 120 Å². The van der Waals surface area contributed by atoms with Gasteiger partial charge in [0.05, 0.1) is 0 Å². The molecule has 3 heteroatoms. The van der Waals surface area contributed by atoms with E-state index in [2.05, 4.69) is 23.3 Å². The number of nitrogens with zero attached hydrogens (tertiary/aromatic N) is 1. The van der Waals surface area contributed by atoms with E-state index in [1.807, 2.05) is 37.3 Å². The van der Waals surface area contributed by atoms with Gasteiger partial charge in [-0.3, -0.25) is 0 Å². The van der Waals surface area contributed by atoms with Crippen molar-refractivity contribution in [3.05, 3.63) is 53.2 Å². The summed E-state index contributed by atoms with van der Waals surface area (Å²) in [5.74, 6) is 1.56. The molecule has 1 fully saturated rings. The molecule has 0 radical (unpaired) electrons. The Balaban J connectivity index is 1.86. The Hall–Kier alpha value is -1.87. The number of aromatic nitrogens is 1. The summed E-state index contributed by atoms with van der Waals surface area (Å²) in [5.41, 5.74) is 3.38. The van der Waals surface area contributed by atoms with E-state index in [-0.39, 0.29) is 0 Å². The summed E-state index contributed by atoms with van der Waals surface area (Å²) in [7, 11) is 0. The summed E-state index contributed by atoms with van der Waals surface area (Å²) in [5, 5.41) is 3.54. The minimum atomic E-state index is 0.681. The normalized spacial score (nSPS) is 14.3. The van der Waals surface area contributed by atoms with Crippen molar-refractivity contribution >= 4 is 0 Å². The van der Waals surface area contributed by atoms with E-state index >= 15 is 0 Å². The van der Waals surface area contributed by atoms with Crippen LogP contribution in [-0.4, -0.2) is 11.0 Å². The van der Waals surface area contributed by atoms with Crippen LogP contribution in [0.25, 0.3) is 0 Å². The van der Waals surface area contributed by atoms with Gasteiger partial charge < -0.3 is 10.1 Å². The first-order valence-electron chi connectivity index (χ1n) is 7.16. The summed E-state index contributed by atoms with van der Waals surface area (Å²) < 4.78 is 5.97. The van der Waals surface area contributed by atoms with Gasteiger partial charge in [0, 0.05) is 23.8 Å². The molecule has 1 saturated carbocycles. The lowest BCUT2D eigenvalue weighted by atomic mass is 10.1. The number of hydrogen-bond donors (Lipinski definition) is 1. The minimum Gasteiger partial charge on any atom is -0.439 e. The Morgan fingerprint density at radius 2 is 1.95 bits per heavy atom. The van der Waals surface area contributed by atoms with Crippen LogP contribution in [0.3, 0.4) is 0 Å². The van der Waals surface area contributed by atoms with Crippen molar-refractivity contribution in [2.75, 3.05) is 0 Å². The van der Waals surface area contributed by atoms with Crippen molar-refractivity contribution in [3.63, 3.8) is 0 Å². The van der Waals surface area contributed by atoms with Crippen LogP contribution in [0.15, 0.2) is 36.4 Å². The number of para-hydroxylation sites is 1. The minimum absolute atomic E-state index is 0.681. The van der Waals surface area contributed by atoms with Crippen molar-refractivity contribution in [2.45, 2.75) is 39.3 Å². The molecule has 3 rings (SSSR count). The van der Waals surface area contributed by atoms with Gasteiger partial charge in [-0.2, -0.15) is 0 Å². The SMILES string of the molecule is Cc1cc(C)c(CNC2CC2)c(Oc2ccccc2)n1. The van der Waals surface area contributed by atoms with Crippen molar-refractivity contribution in [2.24, 2.45) is 0 Å². The van der Waals surface area contributed by atoms with Gasteiger partial charge in [-0.15, -0.1) is 0 Å². The zero-order valence-corrected chi connectivity index (χ0v) is 12.0. The average Bonchev–Trinajstić information content (AvgIpc) is 3.23. The third-order valence-electron chi connectivity index (χ3n) is 3.54. The molecule has 1 aromatic carbocycles. The van der Waals surface area contributed by atoms with Gasteiger partial charge in [0.1, 0.15) is 5.75 Å². The average molecular weight is 268 g/mol. The lowest BCUT2D eigenvalue weighted by Gasteiger charge is -2.14. The Morgan fingerprint density at radius 1 is 1.20 bits per heavy atom. The molecule has 1 aromatic heterocycles. The van der Waals surface area contributed by atoms with Gasteiger partial charge in [-0.25, -0.2) is 4.98 Å². The van der Waals surface area contributed by atoms with Crippen LogP contribution in [0, 0.1) is 13.8 Å². The third kappa shape index (κ3) is 3.17. The molecule has 0 atom stereocenters. The van der Waals surface area contributed by atoms with E-state index in [0.29, 0.717) is 6.04 Å². The van der Waals surface area contributed by atoms with Gasteiger partial charge >= 0.3 is 0 Å². The second-order valence-corrected chi connectivity index (χ2v) is 5.43. The second-order valence-electron chi connectivity index (χ2n) is 5.43. The first-order chi connectivity index (χ1) is 9.72. The maximum atomic E-state index is 5.97. The topological polar surface area (TPSA) is 34.1 Å². The fourth-order valence-electron chi connectivity index (χ4n) is 2.26. The lowest BCUT2D eigenvalue weighted by Crippen LogP contribution is -2.17. The fourth-order valence-corrected chi connectivity index (χ4v) is 2.26. The number of pyridine rings is 1. The van der Waals surface area contributed by atoms with Crippen molar-refractivity contribution in [3.8, 4) is 11.6 Å². The number of hydrogen-bond acceptors (Lipinski definition) is 3. The van der Waals surface area contributed by atoms with Crippen LogP contribution in [0.2, 0.25) is 0 Å². The van der Waals surface area contributed by atoms with Crippen molar-refractivity contribution < 1.29 is 4.74 Å². The molecule has 0 unspecified atom stereocenters. The van der Waals surface area contributed by atoms with Gasteiger partial charge in [-0.1, -0.05) is 18.2 Å². The van der Waals surface area contributed by atoms with Crippen LogP contribution in [0.4, 0.5) is 0 Å². The summed E-state index contributed by atoms with van der Waals surface area (Å²) >= 11 is 0. The van der Waals surface area contributed by atoms with Crippen LogP contribution in [-0.2, 0) is 6.54 Å². The van der Waals surface area contributed by atoms with Gasteiger partial charge in [-0.05, 0) is 50.5 Å². The molecule has 20 heavy (non-hydrogen) atoms. The first kappa shape index (κ1) is 13.1. The monoisotopic (exact) mass is 268 g/mol. The molecule has 0 bridgehead atoms. The second kappa shape index (κ2) is 5.63. The van der Waals surface area contributed by atoms with Gasteiger partial charge in [0.15, 0.2) is 0 Å². The largest absolute Gasteiger partial charge is 0.439 e. The Bertz CT molecular complexity index is 591. The predicted octanol–water partition coefficient (Wildman–Crippen LogP) is 3.74. The lowest BCUT2D eigenvalue weighted by molar-refractivity contribution is 0.450. The molecule has 1 heterocycles. The smallest absolute Gasteiger partial charge is 0.224 e. The number of benzene rings is 1. The molecule has 2 aromatic rings. The zero-order valence-electron chi connectivity index (χ0n) is 12.0. The quantitative estimate of drug-likeness (QED) is 0.897. The summed E-state index contributed by atoms with van der Waals surface area (Å²) in [6.07, 6.45) is 2.57. The summed E-state index contributed by atoms with van der Waals surface area (Å²) in [4.78, 5) is 4.57. The highest BCUT2D eigenvalue weighted by Crippen LogP contribution is 2.27. The number of aryl methyl sites for hydroxylation is 2. The third-order valence-corrected chi connectivity index (χ3v) is 3.54. The van der Waals surface area contributed by atoms with Crippen molar-refractivity contribution in [1.82, 2.24) is 10.3 Å². The van der Waals surface area contributed by atoms with E-state index in [9.17, 15) is 0 Å². The molecular weight excluding hydrogens is 248 g/mol. The molecule has 3 nitrogen and oxygen atoms in total. The van der Waals surface area contributed by atoms with E-state index < -0.39 is 0 Å². The first-order valence-corrected chi connectivity index (χ1v) is 7.16. The standard InChI is InChI=1S/C17H20N2O/c1-12-10-13(2)19-17(16(12)11-18-14-8-9-14)20-15-6-4-3-5-7-15/h3-7,10,14,18H,8-9,11H2,1-2H3. The molecule has 0 amide bonds. The van der Waals surface area contributed by atoms with E-state index in [0.717, 1.165) is 29.4 Å². The summed E-state index contributed by atoms with van der Waals surface area (Å²) in [6.45, 7) is 4.95. The zero-order chi connectivity index (χ0) is 13.9. The summed E-state index contributed by atoms with van der Waals surface area (Å²) in [6, 6.07) is 12.6. The maximum Gasteiger partial charge on any atom is 0.224 e. The predicted molar refractivity (Wildman–Crippen MR) is 80.1 cm³/mol. The van der Waals surface area contributed by atoms with Crippen molar-refractivity contribution in [1.29, 1.82) is 0 Å². The molecule has 1 N–H and O–H groups in total. The van der Waals surface area contributed by atoms with Crippen LogP contribution in [0.1, 0.15) is 29.7 Å². The highest BCUT2D eigenvalue weighted by Gasteiger charge is 2.21.